The standard InChI is InChI=1S/C14H17FN2O/c15-13-1-2-14-12(4-10-18-14)11(13)3-7-17-8-5-16-6-9-17/h1-2,4,10,16H,3,5-9H2. The minimum absolute atomic E-state index is 0.126. The summed E-state index contributed by atoms with van der Waals surface area (Å²) in [5.41, 5.74) is 1.55. The first-order valence-electron chi connectivity index (χ1n) is 6.42. The Balaban J connectivity index is 1.76. The maximum atomic E-state index is 13.9. The van der Waals surface area contributed by atoms with Gasteiger partial charge in [0.2, 0.25) is 0 Å². The fraction of sp³-hybridized carbons (Fsp3) is 0.429. The highest BCUT2D eigenvalue weighted by Gasteiger charge is 2.13. The van der Waals surface area contributed by atoms with Gasteiger partial charge in [-0.15, -0.1) is 0 Å². The number of nitrogens with one attached hydrogen (secondary N) is 1. The van der Waals surface area contributed by atoms with Crippen molar-refractivity contribution in [2.45, 2.75) is 6.42 Å². The van der Waals surface area contributed by atoms with E-state index in [1.54, 1.807) is 12.3 Å². The number of hydrogen-bond donors (Lipinski definition) is 1. The largest absolute Gasteiger partial charge is 0.464 e. The van der Waals surface area contributed by atoms with Crippen LogP contribution in [0.15, 0.2) is 28.9 Å². The van der Waals surface area contributed by atoms with Crippen LogP contribution in [0, 0.1) is 5.82 Å². The van der Waals surface area contributed by atoms with Crippen LogP contribution < -0.4 is 5.32 Å². The zero-order valence-corrected chi connectivity index (χ0v) is 10.3. The smallest absolute Gasteiger partial charge is 0.134 e. The van der Waals surface area contributed by atoms with E-state index in [-0.39, 0.29) is 5.82 Å². The molecule has 0 spiro atoms. The highest BCUT2D eigenvalue weighted by molar-refractivity contribution is 5.81. The number of benzene rings is 1. The molecule has 0 amide bonds. The van der Waals surface area contributed by atoms with E-state index in [1.807, 2.05) is 6.07 Å². The van der Waals surface area contributed by atoms with Crippen molar-refractivity contribution in [2.24, 2.45) is 0 Å². The Hall–Kier alpha value is -1.39. The van der Waals surface area contributed by atoms with E-state index < -0.39 is 0 Å². The molecule has 1 N–H and O–H groups in total. The van der Waals surface area contributed by atoms with Crippen LogP contribution in [-0.4, -0.2) is 37.6 Å². The first-order chi connectivity index (χ1) is 8.84. The summed E-state index contributed by atoms with van der Waals surface area (Å²) in [6, 6.07) is 5.05. The molecule has 2 heterocycles. The van der Waals surface area contributed by atoms with Crippen LogP contribution in [0.3, 0.4) is 0 Å². The molecule has 0 radical (unpaired) electrons. The van der Waals surface area contributed by atoms with Gasteiger partial charge in [-0.25, -0.2) is 4.39 Å². The van der Waals surface area contributed by atoms with Gasteiger partial charge in [0.15, 0.2) is 0 Å². The molecule has 1 saturated heterocycles. The molecule has 0 aliphatic carbocycles. The minimum atomic E-state index is -0.126. The Bertz CT molecular complexity index is 532. The Labute approximate surface area is 106 Å². The highest BCUT2D eigenvalue weighted by Crippen LogP contribution is 2.23. The van der Waals surface area contributed by atoms with Crippen LogP contribution in [0.4, 0.5) is 4.39 Å². The van der Waals surface area contributed by atoms with Crippen LogP contribution in [0.25, 0.3) is 11.0 Å². The van der Waals surface area contributed by atoms with Crippen molar-refractivity contribution < 1.29 is 8.81 Å². The maximum absolute atomic E-state index is 13.9. The van der Waals surface area contributed by atoms with Crippen molar-refractivity contribution in [3.05, 3.63) is 35.8 Å². The van der Waals surface area contributed by atoms with Gasteiger partial charge >= 0.3 is 0 Å². The summed E-state index contributed by atoms with van der Waals surface area (Å²) in [6.45, 7) is 5.05. The Morgan fingerprint density at radius 2 is 2.06 bits per heavy atom. The first kappa shape index (κ1) is 11.7. The SMILES string of the molecule is Fc1ccc2occc2c1CCN1CCNCC1. The van der Waals surface area contributed by atoms with E-state index in [2.05, 4.69) is 10.2 Å². The third kappa shape index (κ3) is 2.26. The fourth-order valence-electron chi connectivity index (χ4n) is 2.54. The summed E-state index contributed by atoms with van der Waals surface area (Å²) in [5.74, 6) is -0.126. The number of furan rings is 1. The van der Waals surface area contributed by atoms with Crippen LogP contribution in [0.1, 0.15) is 5.56 Å². The third-order valence-electron chi connectivity index (χ3n) is 3.58. The Morgan fingerprint density at radius 3 is 2.89 bits per heavy atom. The monoisotopic (exact) mass is 248 g/mol. The van der Waals surface area contributed by atoms with Gasteiger partial charge in [-0.2, -0.15) is 0 Å². The molecule has 0 atom stereocenters. The van der Waals surface area contributed by atoms with Crippen LogP contribution in [-0.2, 0) is 6.42 Å². The van der Waals surface area contributed by atoms with Gasteiger partial charge in [0, 0.05) is 43.7 Å². The quantitative estimate of drug-likeness (QED) is 0.900. The maximum Gasteiger partial charge on any atom is 0.134 e. The molecule has 3 nitrogen and oxygen atoms in total. The van der Waals surface area contributed by atoms with E-state index in [1.165, 1.54) is 6.07 Å². The van der Waals surface area contributed by atoms with Gasteiger partial charge in [0.05, 0.1) is 6.26 Å². The van der Waals surface area contributed by atoms with E-state index in [9.17, 15) is 4.39 Å². The predicted octanol–water partition coefficient (Wildman–Crippen LogP) is 2.02. The van der Waals surface area contributed by atoms with Crippen molar-refractivity contribution in [3.63, 3.8) is 0 Å². The van der Waals surface area contributed by atoms with E-state index in [0.717, 1.165) is 55.7 Å². The summed E-state index contributed by atoms with van der Waals surface area (Å²) in [7, 11) is 0. The highest BCUT2D eigenvalue weighted by atomic mass is 19.1. The molecule has 1 aliphatic rings. The van der Waals surface area contributed by atoms with Crippen molar-refractivity contribution in [1.29, 1.82) is 0 Å². The number of halogens is 1. The second kappa shape index (κ2) is 5.08. The molecule has 1 aliphatic heterocycles. The number of nitrogens with zero attached hydrogens (tertiary/aromatic N) is 1. The molecule has 1 fully saturated rings. The molecule has 4 heteroatoms. The summed E-state index contributed by atoms with van der Waals surface area (Å²) in [4.78, 5) is 2.37. The number of fused-ring (bicyclic) bond motifs is 1. The lowest BCUT2D eigenvalue weighted by Gasteiger charge is -2.27. The zero-order chi connectivity index (χ0) is 12.4. The van der Waals surface area contributed by atoms with Crippen molar-refractivity contribution >= 4 is 11.0 Å². The first-order valence-corrected chi connectivity index (χ1v) is 6.42. The van der Waals surface area contributed by atoms with Gasteiger partial charge in [-0.1, -0.05) is 0 Å². The van der Waals surface area contributed by atoms with Crippen LogP contribution >= 0.6 is 0 Å². The average molecular weight is 248 g/mol. The van der Waals surface area contributed by atoms with E-state index >= 15 is 0 Å². The van der Waals surface area contributed by atoms with Gasteiger partial charge in [0.1, 0.15) is 11.4 Å². The lowest BCUT2D eigenvalue weighted by molar-refractivity contribution is 0.243. The van der Waals surface area contributed by atoms with Gasteiger partial charge in [-0.05, 0) is 24.6 Å². The fourth-order valence-corrected chi connectivity index (χ4v) is 2.54. The lowest BCUT2D eigenvalue weighted by atomic mass is 10.1. The second-order valence-corrected chi connectivity index (χ2v) is 4.70. The molecule has 3 rings (SSSR count). The van der Waals surface area contributed by atoms with Crippen molar-refractivity contribution in [1.82, 2.24) is 10.2 Å². The summed E-state index contributed by atoms with van der Waals surface area (Å²) < 4.78 is 19.2. The van der Waals surface area contributed by atoms with Crippen molar-refractivity contribution in [2.75, 3.05) is 32.7 Å². The van der Waals surface area contributed by atoms with E-state index in [0.29, 0.717) is 0 Å². The third-order valence-corrected chi connectivity index (χ3v) is 3.58. The number of hydrogen-bond acceptors (Lipinski definition) is 3. The van der Waals surface area contributed by atoms with Gasteiger partial charge < -0.3 is 14.6 Å². The summed E-state index contributed by atoms with van der Waals surface area (Å²) >= 11 is 0. The topological polar surface area (TPSA) is 28.4 Å². The predicted molar refractivity (Wildman–Crippen MR) is 69.2 cm³/mol. The second-order valence-electron chi connectivity index (χ2n) is 4.70. The van der Waals surface area contributed by atoms with E-state index in [4.69, 9.17) is 4.42 Å². The molecular weight excluding hydrogens is 231 g/mol. The number of piperazine rings is 1. The van der Waals surface area contributed by atoms with Crippen molar-refractivity contribution in [3.8, 4) is 0 Å². The molecule has 1 aromatic carbocycles. The summed E-state index contributed by atoms with van der Waals surface area (Å²) in [5, 5.41) is 4.23. The molecule has 0 saturated carbocycles. The Kier molecular flexibility index (Phi) is 3.30. The van der Waals surface area contributed by atoms with Crippen LogP contribution in [0.2, 0.25) is 0 Å². The Morgan fingerprint density at radius 1 is 1.22 bits per heavy atom. The molecule has 0 unspecified atom stereocenters. The van der Waals surface area contributed by atoms with Crippen LogP contribution in [0.5, 0.6) is 0 Å². The molecule has 18 heavy (non-hydrogen) atoms. The average Bonchev–Trinajstić information content (AvgIpc) is 2.87. The van der Waals surface area contributed by atoms with Gasteiger partial charge in [-0.3, -0.25) is 0 Å². The van der Waals surface area contributed by atoms with Gasteiger partial charge in [0.25, 0.3) is 0 Å². The molecular formula is C14H17FN2O. The molecule has 96 valence electrons. The molecule has 0 bridgehead atoms. The zero-order valence-electron chi connectivity index (χ0n) is 10.3. The molecule has 2 aromatic rings. The molecule has 1 aromatic heterocycles. The lowest BCUT2D eigenvalue weighted by Crippen LogP contribution is -2.44. The number of rotatable bonds is 3. The normalized spacial score (nSPS) is 17.4. The minimum Gasteiger partial charge on any atom is -0.464 e. The summed E-state index contributed by atoms with van der Waals surface area (Å²) in [6.07, 6.45) is 2.36.